The highest BCUT2D eigenvalue weighted by Gasteiger charge is 2.06. The highest BCUT2D eigenvalue weighted by atomic mass is 16.5. The Bertz CT molecular complexity index is 671. The van der Waals surface area contributed by atoms with Crippen molar-refractivity contribution in [3.05, 3.63) is 54.4 Å². The molecule has 22 heavy (non-hydrogen) atoms. The van der Waals surface area contributed by atoms with Gasteiger partial charge in [-0.05, 0) is 43.7 Å². The zero-order valence-corrected chi connectivity index (χ0v) is 12.6. The summed E-state index contributed by atoms with van der Waals surface area (Å²) in [4.78, 5) is 19.7. The second kappa shape index (κ2) is 7.21. The van der Waals surface area contributed by atoms with E-state index in [1.54, 1.807) is 30.6 Å². The van der Waals surface area contributed by atoms with E-state index in [2.05, 4.69) is 27.2 Å². The van der Waals surface area contributed by atoms with Gasteiger partial charge in [0.2, 0.25) is 0 Å². The highest BCUT2D eigenvalue weighted by molar-refractivity contribution is 5.90. The molecule has 1 aromatic carbocycles. The standard InChI is InChI=1S/C16H18N4O2/c1-11(2)10-19-15(21)20-14-6-5-13(9-12(14)3)22-16-17-7-4-8-18-16/h4-9H,1,10H2,2-3H3,(H2,19,20,21). The van der Waals surface area contributed by atoms with E-state index in [1.165, 1.54) is 0 Å². The summed E-state index contributed by atoms with van der Waals surface area (Å²) in [6.45, 7) is 7.91. The van der Waals surface area contributed by atoms with Gasteiger partial charge in [-0.25, -0.2) is 14.8 Å². The van der Waals surface area contributed by atoms with Crippen LogP contribution in [-0.4, -0.2) is 22.5 Å². The smallest absolute Gasteiger partial charge is 0.321 e. The minimum absolute atomic E-state index is 0.272. The van der Waals surface area contributed by atoms with Gasteiger partial charge in [0, 0.05) is 24.6 Å². The maximum absolute atomic E-state index is 11.7. The zero-order valence-electron chi connectivity index (χ0n) is 12.6. The largest absolute Gasteiger partial charge is 0.424 e. The first-order valence-corrected chi connectivity index (χ1v) is 6.79. The van der Waals surface area contributed by atoms with Crippen LogP contribution in [-0.2, 0) is 0 Å². The first kappa shape index (κ1) is 15.5. The fraction of sp³-hybridized carbons (Fsp3) is 0.188. The third-order valence-corrected chi connectivity index (χ3v) is 2.75. The number of hydrogen-bond acceptors (Lipinski definition) is 4. The Morgan fingerprint density at radius 1 is 1.32 bits per heavy atom. The number of hydrogen-bond donors (Lipinski definition) is 2. The van der Waals surface area contributed by atoms with E-state index in [1.807, 2.05) is 19.9 Å². The summed E-state index contributed by atoms with van der Waals surface area (Å²) in [5.74, 6) is 0.608. The summed E-state index contributed by atoms with van der Waals surface area (Å²) in [5.41, 5.74) is 2.47. The minimum Gasteiger partial charge on any atom is -0.424 e. The molecule has 0 aliphatic heterocycles. The number of aryl methyl sites for hydroxylation is 1. The average Bonchev–Trinajstić information content (AvgIpc) is 2.49. The van der Waals surface area contributed by atoms with Crippen molar-refractivity contribution >= 4 is 11.7 Å². The molecule has 0 spiro atoms. The zero-order chi connectivity index (χ0) is 15.9. The summed E-state index contributed by atoms with van der Waals surface area (Å²) in [6.07, 6.45) is 3.22. The van der Waals surface area contributed by atoms with Crippen molar-refractivity contribution in [2.45, 2.75) is 13.8 Å². The van der Waals surface area contributed by atoms with Gasteiger partial charge in [0.15, 0.2) is 0 Å². The highest BCUT2D eigenvalue weighted by Crippen LogP contribution is 2.24. The van der Waals surface area contributed by atoms with Gasteiger partial charge in [-0.3, -0.25) is 0 Å². The Morgan fingerprint density at radius 3 is 2.68 bits per heavy atom. The van der Waals surface area contributed by atoms with Crippen LogP contribution in [0.15, 0.2) is 48.8 Å². The number of nitrogens with one attached hydrogen (secondary N) is 2. The lowest BCUT2D eigenvalue weighted by molar-refractivity contribution is 0.253. The summed E-state index contributed by atoms with van der Waals surface area (Å²) in [7, 11) is 0. The molecule has 1 aromatic heterocycles. The van der Waals surface area contributed by atoms with Crippen molar-refractivity contribution in [1.29, 1.82) is 0 Å². The summed E-state index contributed by atoms with van der Waals surface area (Å²) >= 11 is 0. The summed E-state index contributed by atoms with van der Waals surface area (Å²) in [6, 6.07) is 7.05. The number of carbonyl (C=O) groups excluding carboxylic acids is 1. The van der Waals surface area contributed by atoms with Crippen LogP contribution in [0.5, 0.6) is 11.8 Å². The van der Waals surface area contributed by atoms with Gasteiger partial charge in [-0.15, -0.1) is 0 Å². The van der Waals surface area contributed by atoms with E-state index in [-0.39, 0.29) is 12.0 Å². The second-order valence-corrected chi connectivity index (χ2v) is 4.87. The average molecular weight is 298 g/mol. The van der Waals surface area contributed by atoms with E-state index in [4.69, 9.17) is 4.74 Å². The molecule has 0 unspecified atom stereocenters. The lowest BCUT2D eigenvalue weighted by Crippen LogP contribution is -2.30. The lowest BCUT2D eigenvalue weighted by Gasteiger charge is -2.11. The van der Waals surface area contributed by atoms with Crippen LogP contribution in [0.3, 0.4) is 0 Å². The quantitative estimate of drug-likeness (QED) is 0.831. The van der Waals surface area contributed by atoms with Gasteiger partial charge < -0.3 is 15.4 Å². The van der Waals surface area contributed by atoms with Crippen LogP contribution in [0.4, 0.5) is 10.5 Å². The van der Waals surface area contributed by atoms with Crippen LogP contribution in [0.2, 0.25) is 0 Å². The third-order valence-electron chi connectivity index (χ3n) is 2.75. The summed E-state index contributed by atoms with van der Waals surface area (Å²) in [5, 5.41) is 5.49. The maximum atomic E-state index is 11.7. The molecule has 1 heterocycles. The first-order valence-electron chi connectivity index (χ1n) is 6.79. The number of rotatable bonds is 5. The SMILES string of the molecule is C=C(C)CNC(=O)Nc1ccc(Oc2ncccn2)cc1C. The molecule has 2 amide bonds. The number of amides is 2. The molecule has 0 bridgehead atoms. The Labute approximate surface area is 129 Å². The third kappa shape index (κ3) is 4.59. The number of aromatic nitrogens is 2. The topological polar surface area (TPSA) is 76.1 Å². The van der Waals surface area contributed by atoms with E-state index in [0.29, 0.717) is 18.0 Å². The molecule has 0 radical (unpaired) electrons. The van der Waals surface area contributed by atoms with Crippen LogP contribution >= 0.6 is 0 Å². The fourth-order valence-electron chi connectivity index (χ4n) is 1.68. The molecule has 0 fully saturated rings. The number of ether oxygens (including phenoxy) is 1. The number of carbonyl (C=O) groups is 1. The van der Waals surface area contributed by atoms with Crippen molar-refractivity contribution in [3.8, 4) is 11.8 Å². The van der Waals surface area contributed by atoms with Crippen LogP contribution < -0.4 is 15.4 Å². The predicted molar refractivity (Wildman–Crippen MR) is 85.1 cm³/mol. The molecular formula is C16H18N4O2. The maximum Gasteiger partial charge on any atom is 0.321 e. The molecule has 6 nitrogen and oxygen atoms in total. The Morgan fingerprint density at radius 2 is 2.05 bits per heavy atom. The van der Waals surface area contributed by atoms with Crippen molar-refractivity contribution in [2.75, 3.05) is 11.9 Å². The molecule has 2 N–H and O–H groups in total. The molecule has 2 rings (SSSR count). The molecule has 0 saturated heterocycles. The van der Waals surface area contributed by atoms with Crippen LogP contribution in [0, 0.1) is 6.92 Å². The Balaban J connectivity index is 2.00. The minimum atomic E-state index is -0.272. The van der Waals surface area contributed by atoms with Crippen molar-refractivity contribution in [2.24, 2.45) is 0 Å². The van der Waals surface area contributed by atoms with Crippen molar-refractivity contribution in [1.82, 2.24) is 15.3 Å². The molecule has 0 saturated carbocycles. The molecule has 0 aliphatic rings. The van der Waals surface area contributed by atoms with E-state index >= 15 is 0 Å². The van der Waals surface area contributed by atoms with Crippen molar-refractivity contribution < 1.29 is 9.53 Å². The van der Waals surface area contributed by atoms with Gasteiger partial charge in [-0.2, -0.15) is 0 Å². The van der Waals surface area contributed by atoms with E-state index in [9.17, 15) is 4.79 Å². The van der Waals surface area contributed by atoms with Gasteiger partial charge in [0.1, 0.15) is 5.75 Å². The monoisotopic (exact) mass is 298 g/mol. The van der Waals surface area contributed by atoms with E-state index < -0.39 is 0 Å². The number of benzene rings is 1. The Hall–Kier alpha value is -2.89. The number of nitrogens with zero attached hydrogens (tertiary/aromatic N) is 2. The van der Waals surface area contributed by atoms with E-state index in [0.717, 1.165) is 11.1 Å². The molecule has 6 heteroatoms. The lowest BCUT2D eigenvalue weighted by atomic mass is 10.2. The molecule has 114 valence electrons. The van der Waals surface area contributed by atoms with Gasteiger partial charge in [-0.1, -0.05) is 12.2 Å². The predicted octanol–water partition coefficient (Wildman–Crippen LogP) is 3.27. The second-order valence-electron chi connectivity index (χ2n) is 4.87. The summed E-state index contributed by atoms with van der Waals surface area (Å²) < 4.78 is 5.54. The Kier molecular flexibility index (Phi) is 5.08. The number of urea groups is 1. The molecular weight excluding hydrogens is 280 g/mol. The van der Waals surface area contributed by atoms with Gasteiger partial charge in [0.25, 0.3) is 0 Å². The molecule has 2 aromatic rings. The van der Waals surface area contributed by atoms with Crippen LogP contribution in [0.1, 0.15) is 12.5 Å². The van der Waals surface area contributed by atoms with Gasteiger partial charge >= 0.3 is 12.0 Å². The normalized spacial score (nSPS) is 9.91. The van der Waals surface area contributed by atoms with Crippen molar-refractivity contribution in [3.63, 3.8) is 0 Å². The fourth-order valence-corrected chi connectivity index (χ4v) is 1.68. The molecule has 0 atom stereocenters. The first-order chi connectivity index (χ1) is 10.5. The van der Waals surface area contributed by atoms with Crippen LogP contribution in [0.25, 0.3) is 0 Å². The molecule has 0 aliphatic carbocycles. The van der Waals surface area contributed by atoms with Gasteiger partial charge in [0.05, 0.1) is 0 Å². The number of anilines is 1.